The number of nitrogen functional groups attached to an aromatic ring is 1. The van der Waals surface area contributed by atoms with Gasteiger partial charge in [0.1, 0.15) is 5.52 Å². The second-order valence-corrected chi connectivity index (χ2v) is 3.79. The minimum absolute atomic E-state index is 0. The smallest absolute Gasteiger partial charge is 0.274 e. The zero-order chi connectivity index (χ0) is 9.42. The maximum Gasteiger partial charge on any atom is 0.274 e. The normalized spacial score (nSPS) is 9.86. The van der Waals surface area contributed by atoms with E-state index < -0.39 is 0 Å². The molecule has 1 aromatic heterocycles. The summed E-state index contributed by atoms with van der Waals surface area (Å²) in [5, 5.41) is 0.663. The Kier molecular flexibility index (Phi) is 2.93. The second kappa shape index (κ2) is 3.81. The molecule has 0 unspecified atom stereocenters. The van der Waals surface area contributed by atoms with Crippen LogP contribution in [0, 0.1) is 6.92 Å². The van der Waals surface area contributed by atoms with Gasteiger partial charge in [-0.2, -0.15) is 0 Å². The van der Waals surface area contributed by atoms with Crippen LogP contribution >= 0.6 is 11.3 Å². The Hall–Kier alpha value is -1.33. The Morgan fingerprint density at radius 1 is 1.43 bits per heavy atom. The first-order chi connectivity index (χ1) is 6.22. The van der Waals surface area contributed by atoms with Gasteiger partial charge in [-0.1, -0.05) is 17.4 Å². The number of anilines is 1. The van der Waals surface area contributed by atoms with Crippen LogP contribution in [0.5, 0.6) is 5.19 Å². The number of nitrogens with zero attached hydrogens (tertiary/aromatic N) is 1. The van der Waals surface area contributed by atoms with Crippen molar-refractivity contribution in [3.8, 4) is 5.19 Å². The van der Waals surface area contributed by atoms with Crippen LogP contribution in [-0.4, -0.2) is 12.1 Å². The molecule has 1 aromatic carbocycles. The van der Waals surface area contributed by atoms with Crippen molar-refractivity contribution in [3.05, 3.63) is 17.7 Å². The van der Waals surface area contributed by atoms with Crippen molar-refractivity contribution in [1.29, 1.82) is 0 Å². The highest BCUT2D eigenvalue weighted by atomic mass is 32.1. The summed E-state index contributed by atoms with van der Waals surface area (Å²) < 4.78 is 6.17. The number of benzene rings is 1. The van der Waals surface area contributed by atoms with E-state index in [9.17, 15) is 0 Å². The lowest BCUT2D eigenvalue weighted by Gasteiger charge is -1.95. The topological polar surface area (TPSA) is 83.1 Å². The van der Waals surface area contributed by atoms with E-state index >= 15 is 0 Å². The second-order valence-electron chi connectivity index (χ2n) is 2.83. The van der Waals surface area contributed by atoms with Crippen molar-refractivity contribution >= 4 is 27.2 Å². The molecular formula is C9H13N3OS. The maximum atomic E-state index is 5.78. The van der Waals surface area contributed by atoms with Gasteiger partial charge in [0.25, 0.3) is 5.19 Å². The van der Waals surface area contributed by atoms with E-state index in [2.05, 4.69) is 4.98 Å². The van der Waals surface area contributed by atoms with Crippen molar-refractivity contribution in [2.75, 3.05) is 12.8 Å². The molecule has 0 amide bonds. The zero-order valence-electron chi connectivity index (χ0n) is 8.20. The molecule has 0 aliphatic heterocycles. The molecule has 0 fully saturated rings. The molecule has 76 valence electrons. The number of ether oxygens (including phenoxy) is 1. The van der Waals surface area contributed by atoms with Crippen molar-refractivity contribution < 1.29 is 4.74 Å². The summed E-state index contributed by atoms with van der Waals surface area (Å²) >= 11 is 1.52. The summed E-state index contributed by atoms with van der Waals surface area (Å²) in [6, 6.07) is 3.87. The minimum Gasteiger partial charge on any atom is -0.473 e. The molecule has 0 saturated heterocycles. The van der Waals surface area contributed by atoms with Crippen molar-refractivity contribution in [2.24, 2.45) is 0 Å². The van der Waals surface area contributed by atoms with Crippen molar-refractivity contribution in [2.45, 2.75) is 6.92 Å². The molecule has 5 heteroatoms. The van der Waals surface area contributed by atoms with E-state index in [1.165, 1.54) is 16.9 Å². The number of hydrogen-bond donors (Lipinski definition) is 2. The summed E-state index contributed by atoms with van der Waals surface area (Å²) in [6.45, 7) is 2.04. The number of hydrogen-bond acceptors (Lipinski definition) is 5. The number of thiazole rings is 1. The van der Waals surface area contributed by atoms with Gasteiger partial charge in [0.2, 0.25) is 0 Å². The fourth-order valence-electron chi connectivity index (χ4n) is 1.22. The van der Waals surface area contributed by atoms with Crippen LogP contribution in [0.3, 0.4) is 0 Å². The van der Waals surface area contributed by atoms with Crippen LogP contribution < -0.4 is 16.6 Å². The molecule has 0 bridgehead atoms. The van der Waals surface area contributed by atoms with E-state index in [1.54, 1.807) is 7.11 Å². The average molecular weight is 211 g/mol. The first kappa shape index (κ1) is 10.7. The largest absolute Gasteiger partial charge is 0.473 e. The monoisotopic (exact) mass is 211 g/mol. The van der Waals surface area contributed by atoms with Gasteiger partial charge >= 0.3 is 0 Å². The molecule has 4 nitrogen and oxygen atoms in total. The minimum atomic E-state index is 0. The predicted octanol–water partition coefficient (Wildman–Crippen LogP) is 2.36. The molecular weight excluding hydrogens is 198 g/mol. The molecule has 0 atom stereocenters. The highest BCUT2D eigenvalue weighted by Crippen LogP contribution is 2.33. The van der Waals surface area contributed by atoms with E-state index in [4.69, 9.17) is 10.5 Å². The quantitative estimate of drug-likeness (QED) is 0.709. The van der Waals surface area contributed by atoms with Gasteiger partial charge in [0.05, 0.1) is 17.5 Å². The van der Waals surface area contributed by atoms with Crippen LogP contribution in [-0.2, 0) is 0 Å². The Morgan fingerprint density at radius 3 is 2.71 bits per heavy atom. The third kappa shape index (κ3) is 1.51. The molecule has 14 heavy (non-hydrogen) atoms. The summed E-state index contributed by atoms with van der Waals surface area (Å²) in [4.78, 5) is 4.26. The summed E-state index contributed by atoms with van der Waals surface area (Å²) in [7, 11) is 1.61. The highest BCUT2D eigenvalue weighted by Gasteiger charge is 2.08. The van der Waals surface area contributed by atoms with Crippen LogP contribution in [0.1, 0.15) is 5.56 Å². The highest BCUT2D eigenvalue weighted by molar-refractivity contribution is 7.20. The average Bonchev–Trinajstić information content (AvgIpc) is 2.56. The first-order valence-electron chi connectivity index (χ1n) is 3.92. The number of fused-ring (bicyclic) bond motifs is 1. The molecule has 0 saturated carbocycles. The Bertz CT molecular complexity index is 413. The van der Waals surface area contributed by atoms with Gasteiger partial charge in [-0.25, -0.2) is 4.98 Å². The molecule has 0 aliphatic carbocycles. The third-order valence-corrected chi connectivity index (χ3v) is 3.08. The van der Waals surface area contributed by atoms with Crippen molar-refractivity contribution in [1.82, 2.24) is 11.1 Å². The molecule has 0 aliphatic rings. The van der Waals surface area contributed by atoms with E-state index in [1.807, 2.05) is 19.1 Å². The molecule has 2 aromatic rings. The van der Waals surface area contributed by atoms with Gasteiger partial charge in [-0.15, -0.1) is 0 Å². The SMILES string of the molecule is COc1nc2c(N)ccc(C)c2s1.N. The van der Waals surface area contributed by atoms with Gasteiger partial charge in [-0.3, -0.25) is 0 Å². The van der Waals surface area contributed by atoms with E-state index in [0.717, 1.165) is 10.2 Å². The zero-order valence-corrected chi connectivity index (χ0v) is 9.02. The van der Waals surface area contributed by atoms with Crippen molar-refractivity contribution in [3.63, 3.8) is 0 Å². The fraction of sp³-hybridized carbons (Fsp3) is 0.222. The molecule has 1 heterocycles. The fourth-order valence-corrected chi connectivity index (χ4v) is 2.10. The first-order valence-corrected chi connectivity index (χ1v) is 4.73. The lowest BCUT2D eigenvalue weighted by Crippen LogP contribution is -1.87. The Morgan fingerprint density at radius 2 is 2.14 bits per heavy atom. The molecule has 0 spiro atoms. The lowest BCUT2D eigenvalue weighted by atomic mass is 10.2. The van der Waals surface area contributed by atoms with Crippen LogP contribution in [0.15, 0.2) is 12.1 Å². The van der Waals surface area contributed by atoms with Gasteiger partial charge in [-0.05, 0) is 18.6 Å². The number of nitrogens with two attached hydrogens (primary N) is 1. The number of rotatable bonds is 1. The Labute approximate surface area is 86.3 Å². The third-order valence-electron chi connectivity index (χ3n) is 1.93. The van der Waals surface area contributed by atoms with Crippen LogP contribution in [0.2, 0.25) is 0 Å². The molecule has 2 rings (SSSR count). The van der Waals surface area contributed by atoms with E-state index in [0.29, 0.717) is 10.9 Å². The summed E-state index contributed by atoms with van der Waals surface area (Å²) in [5.74, 6) is 0. The maximum absolute atomic E-state index is 5.78. The lowest BCUT2D eigenvalue weighted by molar-refractivity contribution is 0.413. The number of aryl methyl sites for hydroxylation is 1. The standard InChI is InChI=1S/C9H10N2OS.H3N/c1-5-3-4-6(10)7-8(5)13-9(11-7)12-2;/h3-4H,10H2,1-2H3;1H3. The Balaban J connectivity index is 0.000000980. The van der Waals surface area contributed by atoms with Gasteiger partial charge < -0.3 is 16.6 Å². The summed E-state index contributed by atoms with van der Waals surface area (Å²) in [6.07, 6.45) is 0. The van der Waals surface area contributed by atoms with E-state index in [-0.39, 0.29) is 6.15 Å². The van der Waals surface area contributed by atoms with Gasteiger partial charge in [0, 0.05) is 0 Å². The predicted molar refractivity (Wildman–Crippen MR) is 60.3 cm³/mol. The van der Waals surface area contributed by atoms with Crippen LogP contribution in [0.25, 0.3) is 10.2 Å². The molecule has 0 radical (unpaired) electrons. The number of aromatic nitrogens is 1. The molecule has 5 N–H and O–H groups in total. The number of methoxy groups -OCH3 is 1. The van der Waals surface area contributed by atoms with Crippen LogP contribution in [0.4, 0.5) is 5.69 Å². The summed E-state index contributed by atoms with van der Waals surface area (Å²) in [5.41, 5.74) is 8.52. The van der Waals surface area contributed by atoms with Gasteiger partial charge in [0.15, 0.2) is 0 Å².